The maximum Gasteiger partial charge on any atom is 0.257 e. The van der Waals surface area contributed by atoms with E-state index in [1.807, 2.05) is 6.92 Å². The van der Waals surface area contributed by atoms with Crippen LogP contribution in [0.4, 0.5) is 10.2 Å². The Labute approximate surface area is 113 Å². The Morgan fingerprint density at radius 3 is 2.84 bits per heavy atom. The molecule has 2 rings (SSSR count). The molecule has 1 aromatic rings. The molecule has 1 aliphatic heterocycles. The largest absolute Gasteiger partial charge is 0.369 e. The number of carbonyl (C=O) groups is 1. The van der Waals surface area contributed by atoms with Gasteiger partial charge < -0.3 is 10.2 Å². The van der Waals surface area contributed by atoms with Crippen LogP contribution in [0.15, 0.2) is 12.3 Å². The Hall–Kier alpha value is -1.65. The fraction of sp³-hybridized carbons (Fsp3) is 0.571. The summed E-state index contributed by atoms with van der Waals surface area (Å²) in [6.45, 7) is 4.26. The summed E-state index contributed by atoms with van der Waals surface area (Å²) < 4.78 is 13.3. The number of anilines is 1. The Morgan fingerprint density at radius 1 is 1.42 bits per heavy atom. The third kappa shape index (κ3) is 3.43. The predicted octanol–water partition coefficient (Wildman–Crippen LogP) is 2.67. The number of hydrogen-bond acceptors (Lipinski definition) is 3. The summed E-state index contributed by atoms with van der Waals surface area (Å²) in [5.74, 6) is -0.105. The van der Waals surface area contributed by atoms with Crippen LogP contribution < -0.4 is 5.32 Å². The molecule has 0 unspecified atom stereocenters. The first-order valence-corrected chi connectivity index (χ1v) is 6.91. The van der Waals surface area contributed by atoms with Crippen LogP contribution in [0, 0.1) is 5.82 Å². The summed E-state index contributed by atoms with van der Waals surface area (Å²) in [5.41, 5.74) is 0.343. The lowest BCUT2D eigenvalue weighted by Gasteiger charge is -2.27. The van der Waals surface area contributed by atoms with Crippen LogP contribution in [-0.2, 0) is 0 Å². The number of aromatic nitrogens is 1. The van der Waals surface area contributed by atoms with Crippen molar-refractivity contribution in [3.05, 3.63) is 23.6 Å². The minimum absolute atomic E-state index is 0.120. The van der Waals surface area contributed by atoms with Crippen molar-refractivity contribution in [2.24, 2.45) is 0 Å². The quantitative estimate of drug-likeness (QED) is 0.910. The molecule has 4 nitrogen and oxygen atoms in total. The molecule has 1 aliphatic rings. The molecule has 1 amide bonds. The number of rotatable bonds is 4. The third-order valence-corrected chi connectivity index (χ3v) is 3.27. The summed E-state index contributed by atoms with van der Waals surface area (Å²) in [4.78, 5) is 18.2. The molecule has 0 saturated carbocycles. The molecule has 1 aromatic heterocycles. The van der Waals surface area contributed by atoms with Gasteiger partial charge >= 0.3 is 0 Å². The molecular formula is C14H20FN3O. The second-order valence-corrected chi connectivity index (χ2v) is 4.83. The van der Waals surface area contributed by atoms with Gasteiger partial charge in [0, 0.05) is 19.6 Å². The van der Waals surface area contributed by atoms with Gasteiger partial charge in [-0.15, -0.1) is 0 Å². The van der Waals surface area contributed by atoms with E-state index in [1.54, 1.807) is 4.90 Å². The van der Waals surface area contributed by atoms with Crippen molar-refractivity contribution in [2.75, 3.05) is 25.0 Å². The number of likely N-dealkylation sites (tertiary alicyclic amines) is 1. The summed E-state index contributed by atoms with van der Waals surface area (Å²) >= 11 is 0. The van der Waals surface area contributed by atoms with Gasteiger partial charge in [-0.05, 0) is 31.7 Å². The number of halogens is 1. The van der Waals surface area contributed by atoms with Crippen molar-refractivity contribution in [3.8, 4) is 0 Å². The monoisotopic (exact) mass is 265 g/mol. The zero-order chi connectivity index (χ0) is 13.7. The first-order chi connectivity index (χ1) is 9.22. The Balaban J connectivity index is 2.20. The van der Waals surface area contributed by atoms with Gasteiger partial charge in [0.15, 0.2) is 0 Å². The first-order valence-electron chi connectivity index (χ1n) is 6.91. The zero-order valence-electron chi connectivity index (χ0n) is 11.3. The maximum absolute atomic E-state index is 13.3. The molecule has 104 valence electrons. The van der Waals surface area contributed by atoms with Crippen molar-refractivity contribution in [1.82, 2.24) is 9.88 Å². The number of carbonyl (C=O) groups excluding carboxylic acids is 1. The molecule has 0 aliphatic carbocycles. The normalized spacial score (nSPS) is 15.4. The van der Waals surface area contributed by atoms with Crippen LogP contribution in [0.5, 0.6) is 0 Å². The van der Waals surface area contributed by atoms with Crippen molar-refractivity contribution >= 4 is 11.7 Å². The molecule has 0 aromatic carbocycles. The van der Waals surface area contributed by atoms with Crippen molar-refractivity contribution in [3.63, 3.8) is 0 Å². The fourth-order valence-electron chi connectivity index (χ4n) is 2.25. The first kappa shape index (κ1) is 13.8. The third-order valence-electron chi connectivity index (χ3n) is 3.27. The fourth-order valence-corrected chi connectivity index (χ4v) is 2.25. The van der Waals surface area contributed by atoms with Crippen LogP contribution in [0.3, 0.4) is 0 Å². The molecule has 0 bridgehead atoms. The highest BCUT2D eigenvalue weighted by atomic mass is 19.1. The van der Waals surface area contributed by atoms with Crippen LogP contribution in [-0.4, -0.2) is 35.4 Å². The Morgan fingerprint density at radius 2 is 2.16 bits per heavy atom. The number of nitrogens with one attached hydrogen (secondary N) is 1. The lowest BCUT2D eigenvalue weighted by molar-refractivity contribution is 0.0724. The van der Waals surface area contributed by atoms with E-state index in [0.717, 1.165) is 51.5 Å². The van der Waals surface area contributed by atoms with E-state index < -0.39 is 5.82 Å². The molecule has 2 heterocycles. The summed E-state index contributed by atoms with van der Waals surface area (Å²) in [6.07, 6.45) is 5.27. The molecule has 0 spiro atoms. The van der Waals surface area contributed by atoms with Crippen LogP contribution in [0.1, 0.15) is 43.0 Å². The van der Waals surface area contributed by atoms with Gasteiger partial charge in [0.1, 0.15) is 11.6 Å². The smallest absolute Gasteiger partial charge is 0.257 e. The minimum atomic E-state index is -0.470. The average molecular weight is 265 g/mol. The highest BCUT2D eigenvalue weighted by molar-refractivity contribution is 5.98. The van der Waals surface area contributed by atoms with E-state index in [2.05, 4.69) is 10.3 Å². The molecular weight excluding hydrogens is 245 g/mol. The van der Waals surface area contributed by atoms with Gasteiger partial charge in [-0.3, -0.25) is 4.79 Å². The molecule has 0 atom stereocenters. The van der Waals surface area contributed by atoms with E-state index in [4.69, 9.17) is 0 Å². The standard InChI is InChI=1S/C14H20FN3O/c1-2-6-16-13-12(9-11(15)10-17-13)14(19)18-7-4-3-5-8-18/h9-10H,2-8H2,1H3,(H,16,17). The van der Waals surface area contributed by atoms with Crippen LogP contribution in [0.25, 0.3) is 0 Å². The second kappa shape index (κ2) is 6.50. The topological polar surface area (TPSA) is 45.2 Å². The van der Waals surface area contributed by atoms with E-state index in [1.165, 1.54) is 6.07 Å². The predicted molar refractivity (Wildman–Crippen MR) is 72.7 cm³/mol. The van der Waals surface area contributed by atoms with Gasteiger partial charge in [0.05, 0.1) is 11.8 Å². The molecule has 1 fully saturated rings. The number of pyridine rings is 1. The van der Waals surface area contributed by atoms with Gasteiger partial charge in [-0.2, -0.15) is 0 Å². The summed E-state index contributed by atoms with van der Waals surface area (Å²) in [5, 5.41) is 3.08. The molecule has 19 heavy (non-hydrogen) atoms. The molecule has 0 radical (unpaired) electrons. The SMILES string of the molecule is CCCNc1ncc(F)cc1C(=O)N1CCCCC1. The van der Waals surface area contributed by atoms with Crippen molar-refractivity contribution in [2.45, 2.75) is 32.6 Å². The molecule has 1 saturated heterocycles. The van der Waals surface area contributed by atoms with Gasteiger partial charge in [0.2, 0.25) is 0 Å². The maximum atomic E-state index is 13.3. The minimum Gasteiger partial charge on any atom is -0.369 e. The number of piperidine rings is 1. The molecule has 5 heteroatoms. The van der Waals surface area contributed by atoms with Crippen LogP contribution in [0.2, 0.25) is 0 Å². The highest BCUT2D eigenvalue weighted by Gasteiger charge is 2.22. The number of nitrogens with zero attached hydrogens (tertiary/aromatic N) is 2. The van der Waals surface area contributed by atoms with Crippen LogP contribution >= 0.6 is 0 Å². The van der Waals surface area contributed by atoms with Crippen molar-refractivity contribution < 1.29 is 9.18 Å². The van der Waals surface area contributed by atoms with E-state index >= 15 is 0 Å². The zero-order valence-corrected chi connectivity index (χ0v) is 11.3. The van der Waals surface area contributed by atoms with Gasteiger partial charge in [-0.1, -0.05) is 6.92 Å². The van der Waals surface area contributed by atoms with E-state index in [-0.39, 0.29) is 5.91 Å². The average Bonchev–Trinajstić information content (AvgIpc) is 2.46. The Bertz CT molecular complexity index is 444. The lowest BCUT2D eigenvalue weighted by Crippen LogP contribution is -2.36. The number of hydrogen-bond donors (Lipinski definition) is 1. The highest BCUT2D eigenvalue weighted by Crippen LogP contribution is 2.19. The lowest BCUT2D eigenvalue weighted by atomic mass is 10.1. The summed E-state index contributed by atoms with van der Waals surface area (Å²) in [7, 11) is 0. The number of amides is 1. The van der Waals surface area contributed by atoms with E-state index in [9.17, 15) is 9.18 Å². The molecule has 1 N–H and O–H groups in total. The van der Waals surface area contributed by atoms with E-state index in [0.29, 0.717) is 11.4 Å². The summed E-state index contributed by atoms with van der Waals surface area (Å²) in [6, 6.07) is 1.28. The van der Waals surface area contributed by atoms with Gasteiger partial charge in [-0.25, -0.2) is 9.37 Å². The second-order valence-electron chi connectivity index (χ2n) is 4.83. The van der Waals surface area contributed by atoms with Crippen molar-refractivity contribution in [1.29, 1.82) is 0 Å². The van der Waals surface area contributed by atoms with Gasteiger partial charge in [0.25, 0.3) is 5.91 Å². The Kier molecular flexibility index (Phi) is 4.71.